The highest BCUT2D eigenvalue weighted by molar-refractivity contribution is 6.32. The van der Waals surface area contributed by atoms with Crippen molar-refractivity contribution in [2.24, 2.45) is 0 Å². The Balaban J connectivity index is 1.79. The van der Waals surface area contributed by atoms with Gasteiger partial charge in [-0.25, -0.2) is 4.79 Å². The Morgan fingerprint density at radius 2 is 1.85 bits per heavy atom. The van der Waals surface area contributed by atoms with E-state index in [1.54, 1.807) is 37.3 Å². The number of hydrogen-bond acceptors (Lipinski definition) is 3. The van der Waals surface area contributed by atoms with Crippen molar-refractivity contribution < 1.29 is 14.4 Å². The standard InChI is InChI=1S/C20H20ClN3O3/c1-12-7-6-10-16(13(12)2)22-17(25)11-24-18(26)20(3,23-19(24)27)14-8-4-5-9-15(14)21/h4-10H,11H2,1-3H3,(H,22,25)(H,23,27)/t20-/m0/s1. The number of benzene rings is 2. The van der Waals surface area contributed by atoms with Crippen LogP contribution < -0.4 is 10.6 Å². The van der Waals surface area contributed by atoms with Crippen LogP contribution in [0.3, 0.4) is 0 Å². The Kier molecular flexibility index (Phi) is 4.93. The fraction of sp³-hybridized carbons (Fsp3) is 0.250. The maximum atomic E-state index is 12.9. The minimum atomic E-state index is -1.31. The highest BCUT2D eigenvalue weighted by atomic mass is 35.5. The van der Waals surface area contributed by atoms with Crippen molar-refractivity contribution in [1.29, 1.82) is 0 Å². The summed E-state index contributed by atoms with van der Waals surface area (Å²) in [6.45, 7) is 5.04. The van der Waals surface area contributed by atoms with E-state index >= 15 is 0 Å². The number of carbonyl (C=O) groups excluding carboxylic acids is 3. The maximum absolute atomic E-state index is 12.9. The zero-order valence-corrected chi connectivity index (χ0v) is 16.1. The van der Waals surface area contributed by atoms with Crippen molar-refractivity contribution >= 4 is 35.1 Å². The number of rotatable bonds is 4. The topological polar surface area (TPSA) is 78.5 Å². The largest absolute Gasteiger partial charge is 0.325 e. The number of hydrogen-bond donors (Lipinski definition) is 2. The Labute approximate surface area is 162 Å². The van der Waals surface area contributed by atoms with Crippen molar-refractivity contribution in [3.8, 4) is 0 Å². The summed E-state index contributed by atoms with van der Waals surface area (Å²) in [6, 6.07) is 11.7. The van der Waals surface area contributed by atoms with Crippen LogP contribution in [-0.2, 0) is 15.1 Å². The van der Waals surface area contributed by atoms with Gasteiger partial charge in [-0.2, -0.15) is 0 Å². The first-order valence-corrected chi connectivity index (χ1v) is 8.87. The molecule has 0 saturated carbocycles. The van der Waals surface area contributed by atoms with Gasteiger partial charge in [-0.3, -0.25) is 14.5 Å². The normalized spacial score (nSPS) is 19.2. The molecule has 0 radical (unpaired) electrons. The SMILES string of the molecule is Cc1cccc(NC(=O)CN2C(=O)N[C@@](C)(c3ccccc3Cl)C2=O)c1C. The summed E-state index contributed by atoms with van der Waals surface area (Å²) in [4.78, 5) is 38.6. The Morgan fingerprint density at radius 3 is 2.56 bits per heavy atom. The predicted octanol–water partition coefficient (Wildman–Crippen LogP) is 3.36. The molecule has 0 aliphatic carbocycles. The van der Waals surface area contributed by atoms with Gasteiger partial charge >= 0.3 is 6.03 Å². The predicted molar refractivity (Wildman–Crippen MR) is 104 cm³/mol. The van der Waals surface area contributed by atoms with Crippen LogP contribution in [0, 0.1) is 13.8 Å². The van der Waals surface area contributed by atoms with Gasteiger partial charge in [0.25, 0.3) is 5.91 Å². The number of nitrogens with zero attached hydrogens (tertiary/aromatic N) is 1. The monoisotopic (exact) mass is 385 g/mol. The summed E-state index contributed by atoms with van der Waals surface area (Å²) in [5.41, 5.74) is 1.80. The molecule has 1 atom stereocenters. The molecule has 6 nitrogen and oxygen atoms in total. The van der Waals surface area contributed by atoms with Crippen LogP contribution in [0.1, 0.15) is 23.6 Å². The second kappa shape index (κ2) is 7.04. The van der Waals surface area contributed by atoms with Gasteiger partial charge in [0, 0.05) is 16.3 Å². The zero-order valence-electron chi connectivity index (χ0n) is 15.3. The van der Waals surface area contributed by atoms with Crippen molar-refractivity contribution in [2.75, 3.05) is 11.9 Å². The van der Waals surface area contributed by atoms with Crippen LogP contribution in [0.5, 0.6) is 0 Å². The Bertz CT molecular complexity index is 944. The molecule has 1 aliphatic rings. The van der Waals surface area contributed by atoms with E-state index in [2.05, 4.69) is 10.6 Å². The first kappa shape index (κ1) is 18.9. The smallest absolute Gasteiger partial charge is 0.324 e. The molecule has 1 aliphatic heterocycles. The molecule has 0 aromatic heterocycles. The minimum Gasteiger partial charge on any atom is -0.324 e. The van der Waals surface area contributed by atoms with Gasteiger partial charge < -0.3 is 10.6 Å². The van der Waals surface area contributed by atoms with Gasteiger partial charge in [0.15, 0.2) is 0 Å². The second-order valence-corrected chi connectivity index (χ2v) is 7.13. The van der Waals surface area contributed by atoms with Gasteiger partial charge in [-0.1, -0.05) is 41.9 Å². The van der Waals surface area contributed by atoms with E-state index in [-0.39, 0.29) is 6.54 Å². The number of halogens is 1. The quantitative estimate of drug-likeness (QED) is 0.792. The third-order valence-corrected chi connectivity index (χ3v) is 5.20. The molecule has 1 fully saturated rings. The first-order valence-electron chi connectivity index (χ1n) is 8.49. The number of carbonyl (C=O) groups is 3. The van der Waals surface area contributed by atoms with Crippen LogP contribution in [0.4, 0.5) is 10.5 Å². The minimum absolute atomic E-state index is 0.371. The molecule has 2 aromatic carbocycles. The second-order valence-electron chi connectivity index (χ2n) is 6.72. The van der Waals surface area contributed by atoms with Crippen molar-refractivity contribution in [1.82, 2.24) is 10.2 Å². The molecule has 4 amide bonds. The first-order chi connectivity index (χ1) is 12.7. The molecule has 3 rings (SSSR count). The Morgan fingerprint density at radius 1 is 1.15 bits per heavy atom. The summed E-state index contributed by atoms with van der Waals surface area (Å²) >= 11 is 6.20. The molecule has 0 unspecified atom stereocenters. The number of nitrogens with one attached hydrogen (secondary N) is 2. The van der Waals surface area contributed by atoms with Crippen molar-refractivity contribution in [3.05, 3.63) is 64.2 Å². The summed E-state index contributed by atoms with van der Waals surface area (Å²) in [5, 5.41) is 5.78. The van der Waals surface area contributed by atoms with Gasteiger partial charge in [0.2, 0.25) is 5.91 Å². The van der Waals surface area contributed by atoms with E-state index in [1.807, 2.05) is 26.0 Å². The van der Waals surface area contributed by atoms with E-state index in [0.29, 0.717) is 16.3 Å². The highest BCUT2D eigenvalue weighted by Crippen LogP contribution is 2.33. The lowest BCUT2D eigenvalue weighted by Crippen LogP contribution is -2.42. The molecule has 7 heteroatoms. The fourth-order valence-electron chi connectivity index (χ4n) is 3.11. The fourth-order valence-corrected chi connectivity index (χ4v) is 3.43. The highest BCUT2D eigenvalue weighted by Gasteiger charge is 2.50. The number of imide groups is 1. The van der Waals surface area contributed by atoms with Crippen LogP contribution >= 0.6 is 11.6 Å². The van der Waals surface area contributed by atoms with E-state index in [9.17, 15) is 14.4 Å². The average Bonchev–Trinajstić information content (AvgIpc) is 2.83. The maximum Gasteiger partial charge on any atom is 0.325 e. The van der Waals surface area contributed by atoms with Crippen LogP contribution in [0.15, 0.2) is 42.5 Å². The van der Waals surface area contributed by atoms with Gasteiger partial charge in [-0.15, -0.1) is 0 Å². The van der Waals surface area contributed by atoms with Crippen LogP contribution in [0.25, 0.3) is 0 Å². The lowest BCUT2D eigenvalue weighted by molar-refractivity contribution is -0.133. The molecule has 0 spiro atoms. The molecular formula is C20H20ClN3O3. The Hall–Kier alpha value is -2.86. The molecule has 0 bridgehead atoms. The molecular weight excluding hydrogens is 366 g/mol. The zero-order chi connectivity index (χ0) is 19.8. The van der Waals surface area contributed by atoms with Gasteiger partial charge in [0.05, 0.1) is 0 Å². The van der Waals surface area contributed by atoms with E-state index in [1.165, 1.54) is 0 Å². The molecule has 140 valence electrons. The molecule has 27 heavy (non-hydrogen) atoms. The van der Waals surface area contributed by atoms with E-state index in [4.69, 9.17) is 11.6 Å². The molecule has 2 aromatic rings. The summed E-state index contributed by atoms with van der Waals surface area (Å²) < 4.78 is 0. The van der Waals surface area contributed by atoms with Gasteiger partial charge in [-0.05, 0) is 44.0 Å². The number of amides is 4. The summed E-state index contributed by atoms with van der Waals surface area (Å²) in [6.07, 6.45) is 0. The third-order valence-electron chi connectivity index (χ3n) is 4.87. The van der Waals surface area contributed by atoms with E-state index < -0.39 is 23.4 Å². The lowest BCUT2D eigenvalue weighted by atomic mass is 9.92. The van der Waals surface area contributed by atoms with Gasteiger partial charge in [0.1, 0.15) is 12.1 Å². The summed E-state index contributed by atoms with van der Waals surface area (Å²) in [5.74, 6) is -0.965. The number of aryl methyl sites for hydroxylation is 1. The van der Waals surface area contributed by atoms with E-state index in [0.717, 1.165) is 16.0 Å². The lowest BCUT2D eigenvalue weighted by Gasteiger charge is -2.23. The van der Waals surface area contributed by atoms with Crippen LogP contribution in [-0.4, -0.2) is 29.3 Å². The average molecular weight is 386 g/mol. The third kappa shape index (κ3) is 3.40. The summed E-state index contributed by atoms with van der Waals surface area (Å²) in [7, 11) is 0. The number of anilines is 1. The molecule has 1 saturated heterocycles. The van der Waals surface area contributed by atoms with Crippen molar-refractivity contribution in [2.45, 2.75) is 26.3 Å². The molecule has 2 N–H and O–H groups in total. The molecule has 1 heterocycles. The van der Waals surface area contributed by atoms with Crippen molar-refractivity contribution in [3.63, 3.8) is 0 Å². The van der Waals surface area contributed by atoms with Crippen LogP contribution in [0.2, 0.25) is 5.02 Å². The number of urea groups is 1.